The van der Waals surface area contributed by atoms with E-state index in [1.807, 2.05) is 21.1 Å². The van der Waals surface area contributed by atoms with Crippen LogP contribution < -0.4 is 0 Å². The van der Waals surface area contributed by atoms with Crippen LogP contribution in [0.3, 0.4) is 0 Å². The van der Waals surface area contributed by atoms with Gasteiger partial charge in [0, 0.05) is 6.42 Å². The minimum atomic E-state index is -0.923. The van der Waals surface area contributed by atoms with Crippen LogP contribution in [0.25, 0.3) is 0 Å². The lowest BCUT2D eigenvalue weighted by Crippen LogP contribution is -2.43. The molecule has 0 aromatic carbocycles. The van der Waals surface area contributed by atoms with Crippen molar-refractivity contribution in [3.8, 4) is 0 Å². The number of aliphatic carboxylic acids is 1. The Balaban J connectivity index is 3.60. The van der Waals surface area contributed by atoms with Crippen LogP contribution in [-0.4, -0.2) is 55.3 Å². The van der Waals surface area contributed by atoms with Crippen LogP contribution in [0.1, 0.15) is 142 Å². The Labute approximate surface area is 218 Å². The molecule has 0 amide bonds. The van der Waals surface area contributed by atoms with E-state index in [2.05, 4.69) is 13.8 Å². The first-order valence-corrected chi connectivity index (χ1v) is 14.9. The molecule has 0 saturated carbocycles. The van der Waals surface area contributed by atoms with Gasteiger partial charge in [-0.1, -0.05) is 129 Å². The summed E-state index contributed by atoms with van der Waals surface area (Å²) in [6, 6.07) is 0. The van der Waals surface area contributed by atoms with Gasteiger partial charge >= 0.3 is 11.9 Å². The zero-order chi connectivity index (χ0) is 26.4. The minimum Gasteiger partial charge on any atom is -0.481 e. The number of esters is 1. The lowest BCUT2D eigenvalue weighted by molar-refractivity contribution is -0.873. The predicted molar refractivity (Wildman–Crippen MR) is 148 cm³/mol. The van der Waals surface area contributed by atoms with Crippen molar-refractivity contribution in [3.05, 3.63) is 0 Å². The molecule has 0 radical (unpaired) electrons. The summed E-state index contributed by atoms with van der Waals surface area (Å²) in [6.45, 7) is 4.88. The smallest absolute Gasteiger partial charge is 0.307 e. The maximum Gasteiger partial charge on any atom is 0.307 e. The van der Waals surface area contributed by atoms with E-state index < -0.39 is 12.1 Å². The van der Waals surface area contributed by atoms with Gasteiger partial charge in [0.1, 0.15) is 6.54 Å². The molecule has 0 spiro atoms. The van der Waals surface area contributed by atoms with Gasteiger partial charge in [-0.15, -0.1) is 0 Å². The summed E-state index contributed by atoms with van der Waals surface area (Å²) < 4.78 is 6.08. The topological polar surface area (TPSA) is 63.6 Å². The van der Waals surface area contributed by atoms with Gasteiger partial charge < -0.3 is 14.3 Å². The van der Waals surface area contributed by atoms with Crippen molar-refractivity contribution in [2.24, 2.45) is 5.92 Å². The van der Waals surface area contributed by atoms with E-state index in [0.717, 1.165) is 12.8 Å². The Morgan fingerprint density at radius 2 is 1.09 bits per heavy atom. The average molecular weight is 499 g/mol. The Morgan fingerprint density at radius 1 is 0.686 bits per heavy atom. The fourth-order valence-corrected chi connectivity index (χ4v) is 4.79. The highest BCUT2D eigenvalue weighted by molar-refractivity contribution is 5.71. The second kappa shape index (κ2) is 22.1. The third-order valence-corrected chi connectivity index (χ3v) is 6.77. The van der Waals surface area contributed by atoms with E-state index in [0.29, 0.717) is 17.4 Å². The molecule has 0 aromatic rings. The number of ether oxygens (including phenoxy) is 1. The van der Waals surface area contributed by atoms with Crippen molar-refractivity contribution in [3.63, 3.8) is 0 Å². The first-order valence-electron chi connectivity index (χ1n) is 14.9. The SMILES string of the molecule is CCCCCCCCCCCCCCCCCCCC(C)CC(=O)OC(CC(=O)O)C[N+](C)(C)C. The van der Waals surface area contributed by atoms with Crippen LogP contribution in [0.4, 0.5) is 0 Å². The highest BCUT2D eigenvalue weighted by Crippen LogP contribution is 2.18. The first-order chi connectivity index (χ1) is 16.6. The zero-order valence-corrected chi connectivity index (χ0v) is 24.1. The Hall–Kier alpha value is -1.10. The van der Waals surface area contributed by atoms with Crippen LogP contribution in [0.5, 0.6) is 0 Å². The maximum absolute atomic E-state index is 12.3. The third-order valence-electron chi connectivity index (χ3n) is 6.77. The molecule has 208 valence electrons. The van der Waals surface area contributed by atoms with Crippen LogP contribution >= 0.6 is 0 Å². The van der Waals surface area contributed by atoms with Crippen molar-refractivity contribution in [1.82, 2.24) is 0 Å². The fourth-order valence-electron chi connectivity index (χ4n) is 4.79. The van der Waals surface area contributed by atoms with Crippen LogP contribution in [0.15, 0.2) is 0 Å². The van der Waals surface area contributed by atoms with Crippen LogP contribution in [-0.2, 0) is 14.3 Å². The van der Waals surface area contributed by atoms with Gasteiger partial charge in [-0.3, -0.25) is 9.59 Å². The number of hydrogen-bond acceptors (Lipinski definition) is 3. The van der Waals surface area contributed by atoms with Gasteiger partial charge in [0.25, 0.3) is 0 Å². The normalized spacial score (nSPS) is 13.5. The van der Waals surface area contributed by atoms with Crippen molar-refractivity contribution < 1.29 is 23.9 Å². The van der Waals surface area contributed by atoms with Gasteiger partial charge in [0.2, 0.25) is 0 Å². The standard InChI is InChI=1S/C30H59NO4/c1-6-7-8-9-10-11-12-13-14-15-16-17-18-19-20-21-22-23-27(2)24-30(34)35-28(25-29(32)33)26-31(3,4)5/h27-28H,6-26H2,1-5H3/p+1. The molecule has 5 heteroatoms. The number of nitrogens with zero attached hydrogens (tertiary/aromatic N) is 1. The number of likely N-dealkylation sites (N-methyl/N-ethyl adjacent to an activating group) is 1. The Morgan fingerprint density at radius 3 is 1.46 bits per heavy atom. The lowest BCUT2D eigenvalue weighted by atomic mass is 9.98. The van der Waals surface area contributed by atoms with E-state index in [4.69, 9.17) is 9.84 Å². The summed E-state index contributed by atoms with van der Waals surface area (Å²) in [6.07, 6.45) is 24.0. The molecule has 0 fully saturated rings. The van der Waals surface area contributed by atoms with E-state index in [9.17, 15) is 9.59 Å². The molecule has 1 N–H and O–H groups in total. The Bertz CT molecular complexity index is 515. The zero-order valence-electron chi connectivity index (χ0n) is 24.1. The molecule has 0 bridgehead atoms. The van der Waals surface area contributed by atoms with Gasteiger partial charge in [-0.2, -0.15) is 0 Å². The molecule has 5 nitrogen and oxygen atoms in total. The summed E-state index contributed by atoms with van der Waals surface area (Å²) in [7, 11) is 5.93. The molecule has 2 atom stereocenters. The largest absolute Gasteiger partial charge is 0.481 e. The monoisotopic (exact) mass is 498 g/mol. The summed E-state index contributed by atoms with van der Waals surface area (Å²) in [4.78, 5) is 23.4. The molecule has 0 aliphatic heterocycles. The summed E-state index contributed by atoms with van der Waals surface area (Å²) >= 11 is 0. The van der Waals surface area contributed by atoms with Crippen LogP contribution in [0, 0.1) is 5.92 Å². The lowest BCUT2D eigenvalue weighted by Gasteiger charge is -2.28. The van der Waals surface area contributed by atoms with E-state index in [1.165, 1.54) is 103 Å². The average Bonchev–Trinajstić information content (AvgIpc) is 2.74. The molecule has 0 heterocycles. The summed E-state index contributed by atoms with van der Waals surface area (Å²) in [5.74, 6) is -0.898. The van der Waals surface area contributed by atoms with Crippen molar-refractivity contribution in [2.75, 3.05) is 27.7 Å². The number of carboxylic acid groups (broad SMARTS) is 1. The first kappa shape index (κ1) is 33.9. The predicted octanol–water partition coefficient (Wildman–Crippen LogP) is 8.15. The van der Waals surface area contributed by atoms with Crippen molar-refractivity contribution >= 4 is 11.9 Å². The third kappa shape index (κ3) is 25.8. The molecule has 0 saturated heterocycles. The number of carbonyl (C=O) groups excluding carboxylic acids is 1. The van der Waals surface area contributed by atoms with Crippen molar-refractivity contribution in [1.29, 1.82) is 0 Å². The second-order valence-electron chi connectivity index (χ2n) is 11.9. The number of carbonyl (C=O) groups is 2. The molecule has 0 aliphatic rings. The molecule has 2 unspecified atom stereocenters. The van der Waals surface area contributed by atoms with Crippen LogP contribution in [0.2, 0.25) is 0 Å². The number of unbranched alkanes of at least 4 members (excludes halogenated alkanes) is 16. The Kier molecular flexibility index (Phi) is 21.4. The number of hydrogen-bond donors (Lipinski definition) is 1. The highest BCUT2D eigenvalue weighted by Gasteiger charge is 2.25. The molecular weight excluding hydrogens is 438 g/mol. The van der Waals surface area contributed by atoms with Gasteiger partial charge in [-0.05, 0) is 5.92 Å². The molecule has 0 rings (SSSR count). The number of quaternary nitrogens is 1. The summed E-state index contributed by atoms with van der Waals surface area (Å²) in [5.41, 5.74) is 0. The fraction of sp³-hybridized carbons (Fsp3) is 0.933. The molecule has 0 aliphatic carbocycles. The number of carboxylic acids is 1. The number of rotatable bonds is 25. The quantitative estimate of drug-likeness (QED) is 0.0783. The maximum atomic E-state index is 12.3. The van der Waals surface area contributed by atoms with Gasteiger partial charge in [0.15, 0.2) is 6.10 Å². The van der Waals surface area contributed by atoms with Gasteiger partial charge in [-0.25, -0.2) is 0 Å². The molecular formula is C30H60NO4+. The summed E-state index contributed by atoms with van der Waals surface area (Å²) in [5, 5.41) is 9.09. The van der Waals surface area contributed by atoms with E-state index in [-0.39, 0.29) is 18.3 Å². The van der Waals surface area contributed by atoms with Gasteiger partial charge in [0.05, 0.1) is 27.6 Å². The van der Waals surface area contributed by atoms with Crippen molar-refractivity contribution in [2.45, 2.75) is 148 Å². The molecule has 0 aromatic heterocycles. The molecule has 35 heavy (non-hydrogen) atoms. The second-order valence-corrected chi connectivity index (χ2v) is 11.9. The van der Waals surface area contributed by atoms with E-state index in [1.54, 1.807) is 0 Å². The van der Waals surface area contributed by atoms with E-state index >= 15 is 0 Å². The highest BCUT2D eigenvalue weighted by atomic mass is 16.5. The minimum absolute atomic E-state index is 0.130.